The highest BCUT2D eigenvalue weighted by Crippen LogP contribution is 2.21. The van der Waals surface area contributed by atoms with Crippen LogP contribution in [0, 0.1) is 11.3 Å². The Bertz CT molecular complexity index is 945. The van der Waals surface area contributed by atoms with Gasteiger partial charge < -0.3 is 15.4 Å². The summed E-state index contributed by atoms with van der Waals surface area (Å²) in [5.41, 5.74) is 3.06. The van der Waals surface area contributed by atoms with Crippen LogP contribution >= 0.6 is 0 Å². The van der Waals surface area contributed by atoms with E-state index in [1.165, 1.54) is 0 Å². The molecule has 0 saturated carbocycles. The molecular weight excluding hydrogens is 328 g/mol. The molecule has 0 bridgehead atoms. The van der Waals surface area contributed by atoms with Gasteiger partial charge in [-0.05, 0) is 48.5 Å². The summed E-state index contributed by atoms with van der Waals surface area (Å²) in [6, 6.07) is 19.6. The van der Waals surface area contributed by atoms with Gasteiger partial charge in [-0.1, -0.05) is 6.07 Å². The van der Waals surface area contributed by atoms with Crippen LogP contribution in [0.25, 0.3) is 0 Å². The van der Waals surface area contributed by atoms with E-state index in [-0.39, 0.29) is 5.91 Å². The van der Waals surface area contributed by atoms with Crippen molar-refractivity contribution in [2.24, 2.45) is 0 Å². The number of carbonyl (C=O) groups is 1. The van der Waals surface area contributed by atoms with Gasteiger partial charge in [-0.15, -0.1) is 0 Å². The molecule has 2 aromatic carbocycles. The fourth-order valence-electron chi connectivity index (χ4n) is 2.29. The third kappa shape index (κ3) is 4.16. The van der Waals surface area contributed by atoms with Crippen LogP contribution in [-0.2, 0) is 0 Å². The molecule has 3 rings (SSSR count). The number of ether oxygens (including phenoxy) is 1. The first-order valence-electron chi connectivity index (χ1n) is 7.86. The highest BCUT2D eigenvalue weighted by atomic mass is 16.5. The number of nitriles is 1. The van der Waals surface area contributed by atoms with Crippen molar-refractivity contribution in [3.63, 3.8) is 0 Å². The molecule has 6 nitrogen and oxygen atoms in total. The van der Waals surface area contributed by atoms with Crippen LogP contribution in [-0.4, -0.2) is 18.0 Å². The van der Waals surface area contributed by atoms with Crippen molar-refractivity contribution in [1.82, 2.24) is 4.98 Å². The third-order valence-electron chi connectivity index (χ3n) is 3.63. The Kier molecular flexibility index (Phi) is 5.11. The first-order chi connectivity index (χ1) is 12.7. The predicted molar refractivity (Wildman–Crippen MR) is 99.6 cm³/mol. The van der Waals surface area contributed by atoms with E-state index >= 15 is 0 Å². The van der Waals surface area contributed by atoms with Crippen molar-refractivity contribution in [3.8, 4) is 11.8 Å². The van der Waals surface area contributed by atoms with Crippen molar-refractivity contribution in [3.05, 3.63) is 78.1 Å². The molecule has 0 atom stereocenters. The standard InChI is InChI=1S/C20H16N4O2/c1-26-18-4-2-3-16(11-18)23-17-9-10-19(22-13-17)20(25)24-15-7-5-14(12-21)6-8-15/h2-11,13,23H,1H3,(H,24,25). The van der Waals surface area contributed by atoms with Gasteiger partial charge in [0.1, 0.15) is 11.4 Å². The molecule has 0 saturated heterocycles. The number of nitrogens with zero attached hydrogens (tertiary/aromatic N) is 2. The summed E-state index contributed by atoms with van der Waals surface area (Å²) in [5.74, 6) is 0.434. The van der Waals surface area contributed by atoms with Crippen molar-refractivity contribution < 1.29 is 9.53 Å². The zero-order valence-corrected chi connectivity index (χ0v) is 14.1. The Morgan fingerprint density at radius 2 is 1.81 bits per heavy atom. The lowest BCUT2D eigenvalue weighted by Crippen LogP contribution is -2.13. The number of amides is 1. The van der Waals surface area contributed by atoms with Gasteiger partial charge >= 0.3 is 0 Å². The van der Waals surface area contributed by atoms with Crippen molar-refractivity contribution >= 4 is 23.0 Å². The molecule has 1 aromatic heterocycles. The average Bonchev–Trinajstić information content (AvgIpc) is 2.69. The second-order valence-electron chi connectivity index (χ2n) is 5.43. The van der Waals surface area contributed by atoms with Gasteiger partial charge in [0.15, 0.2) is 0 Å². The molecule has 26 heavy (non-hydrogen) atoms. The first-order valence-corrected chi connectivity index (χ1v) is 7.86. The molecule has 1 amide bonds. The quantitative estimate of drug-likeness (QED) is 0.731. The minimum Gasteiger partial charge on any atom is -0.497 e. The number of anilines is 3. The molecule has 0 aliphatic carbocycles. The van der Waals surface area contributed by atoms with E-state index < -0.39 is 0 Å². The second kappa shape index (κ2) is 7.81. The van der Waals surface area contributed by atoms with Gasteiger partial charge in [0, 0.05) is 17.4 Å². The zero-order valence-electron chi connectivity index (χ0n) is 14.1. The molecule has 0 aliphatic rings. The number of hydrogen-bond donors (Lipinski definition) is 2. The maximum atomic E-state index is 12.2. The number of rotatable bonds is 5. The topological polar surface area (TPSA) is 87.0 Å². The number of methoxy groups -OCH3 is 1. The van der Waals surface area contributed by atoms with E-state index in [4.69, 9.17) is 10.00 Å². The van der Waals surface area contributed by atoms with Crippen molar-refractivity contribution in [2.45, 2.75) is 0 Å². The van der Waals surface area contributed by atoms with Crippen LogP contribution in [0.4, 0.5) is 17.1 Å². The Labute approximate surface area is 151 Å². The highest BCUT2D eigenvalue weighted by Gasteiger charge is 2.08. The van der Waals surface area contributed by atoms with Gasteiger partial charge in [0.05, 0.1) is 30.6 Å². The SMILES string of the molecule is COc1cccc(Nc2ccc(C(=O)Nc3ccc(C#N)cc3)nc2)c1. The number of benzene rings is 2. The summed E-state index contributed by atoms with van der Waals surface area (Å²) in [6.07, 6.45) is 1.59. The molecule has 128 valence electrons. The molecule has 2 N–H and O–H groups in total. The van der Waals surface area contributed by atoms with Crippen LogP contribution in [0.2, 0.25) is 0 Å². The molecule has 0 fully saturated rings. The molecule has 6 heteroatoms. The second-order valence-corrected chi connectivity index (χ2v) is 5.43. The summed E-state index contributed by atoms with van der Waals surface area (Å²) >= 11 is 0. The van der Waals surface area contributed by atoms with Gasteiger partial charge in [-0.2, -0.15) is 5.26 Å². The fourth-order valence-corrected chi connectivity index (χ4v) is 2.29. The summed E-state index contributed by atoms with van der Waals surface area (Å²) in [5, 5.41) is 14.7. The Morgan fingerprint density at radius 3 is 2.46 bits per heavy atom. The smallest absolute Gasteiger partial charge is 0.274 e. The summed E-state index contributed by atoms with van der Waals surface area (Å²) in [6.45, 7) is 0. The average molecular weight is 344 g/mol. The molecule has 0 radical (unpaired) electrons. The maximum absolute atomic E-state index is 12.2. The number of pyridine rings is 1. The van der Waals surface area contributed by atoms with Crippen molar-refractivity contribution in [2.75, 3.05) is 17.7 Å². The molecule has 1 heterocycles. The Morgan fingerprint density at radius 1 is 1.04 bits per heavy atom. The van der Waals surface area contributed by atoms with E-state index in [9.17, 15) is 4.79 Å². The van der Waals surface area contributed by atoms with Crippen LogP contribution in [0.3, 0.4) is 0 Å². The molecule has 3 aromatic rings. The lowest BCUT2D eigenvalue weighted by molar-refractivity contribution is 0.102. The number of aromatic nitrogens is 1. The predicted octanol–water partition coefficient (Wildman–Crippen LogP) is 3.96. The zero-order chi connectivity index (χ0) is 18.4. The van der Waals surface area contributed by atoms with E-state index in [0.717, 1.165) is 17.1 Å². The summed E-state index contributed by atoms with van der Waals surface area (Å²) < 4.78 is 5.19. The lowest BCUT2D eigenvalue weighted by Gasteiger charge is -2.09. The Hall–Kier alpha value is -3.85. The minimum absolute atomic E-state index is 0.297. The summed E-state index contributed by atoms with van der Waals surface area (Å²) in [7, 11) is 1.61. The van der Waals surface area contributed by atoms with Gasteiger partial charge in [-0.25, -0.2) is 4.98 Å². The third-order valence-corrected chi connectivity index (χ3v) is 3.63. The van der Waals surface area contributed by atoms with Gasteiger partial charge in [0.25, 0.3) is 5.91 Å². The van der Waals surface area contributed by atoms with Gasteiger partial charge in [-0.3, -0.25) is 4.79 Å². The number of nitrogens with one attached hydrogen (secondary N) is 2. The van der Waals surface area contributed by atoms with Crippen LogP contribution in [0.15, 0.2) is 66.9 Å². The van der Waals surface area contributed by atoms with Crippen LogP contribution < -0.4 is 15.4 Å². The van der Waals surface area contributed by atoms with Crippen molar-refractivity contribution in [1.29, 1.82) is 5.26 Å². The normalized spacial score (nSPS) is 9.85. The maximum Gasteiger partial charge on any atom is 0.274 e. The monoisotopic (exact) mass is 344 g/mol. The number of carbonyl (C=O) groups excluding carboxylic acids is 1. The van der Waals surface area contributed by atoms with Crippen LogP contribution in [0.5, 0.6) is 5.75 Å². The van der Waals surface area contributed by atoms with E-state index in [0.29, 0.717) is 16.9 Å². The van der Waals surface area contributed by atoms with E-state index in [1.807, 2.05) is 30.3 Å². The van der Waals surface area contributed by atoms with E-state index in [1.54, 1.807) is 49.7 Å². The fraction of sp³-hybridized carbons (Fsp3) is 0.0500. The molecule has 0 aliphatic heterocycles. The number of hydrogen-bond acceptors (Lipinski definition) is 5. The highest BCUT2D eigenvalue weighted by molar-refractivity contribution is 6.03. The Balaban J connectivity index is 1.66. The largest absolute Gasteiger partial charge is 0.497 e. The molecular formula is C20H16N4O2. The van der Waals surface area contributed by atoms with E-state index in [2.05, 4.69) is 15.6 Å². The van der Waals surface area contributed by atoms with Crippen LogP contribution in [0.1, 0.15) is 16.1 Å². The lowest BCUT2D eigenvalue weighted by atomic mass is 10.2. The minimum atomic E-state index is -0.317. The molecule has 0 spiro atoms. The summed E-state index contributed by atoms with van der Waals surface area (Å²) in [4.78, 5) is 16.4. The first kappa shape index (κ1) is 17.0. The molecule has 0 unspecified atom stereocenters. The van der Waals surface area contributed by atoms with Gasteiger partial charge in [0.2, 0.25) is 0 Å².